The van der Waals surface area contributed by atoms with Crippen molar-refractivity contribution in [2.45, 2.75) is 19.8 Å². The van der Waals surface area contributed by atoms with Crippen LogP contribution >= 0.6 is 0 Å². The molecule has 0 saturated heterocycles. The van der Waals surface area contributed by atoms with Gasteiger partial charge in [-0.15, -0.1) is 5.10 Å². The average molecular weight is 396 g/mol. The van der Waals surface area contributed by atoms with Gasteiger partial charge in [-0.3, -0.25) is 0 Å². The lowest BCUT2D eigenvalue weighted by molar-refractivity contribution is 0.419. The number of hydrogen-bond donors (Lipinski definition) is 0. The summed E-state index contributed by atoms with van der Waals surface area (Å²) >= 11 is 0. The molecule has 1 aliphatic rings. The van der Waals surface area contributed by atoms with Crippen LogP contribution in [-0.4, -0.2) is 19.6 Å². The minimum Gasteiger partial charge on any atom is -0.437 e. The number of hydrogen-bond acceptors (Lipinski definition) is 6. The van der Waals surface area contributed by atoms with Gasteiger partial charge in [0.15, 0.2) is 17.2 Å². The highest BCUT2D eigenvalue weighted by Crippen LogP contribution is 2.45. The minimum atomic E-state index is -0.414. The van der Waals surface area contributed by atoms with Gasteiger partial charge in [-0.2, -0.15) is 0 Å². The highest BCUT2D eigenvalue weighted by molar-refractivity contribution is 5.86. The Kier molecular flexibility index (Phi) is 3.38. The lowest BCUT2D eigenvalue weighted by atomic mass is 9.92. The summed E-state index contributed by atoms with van der Waals surface area (Å²) in [5.41, 5.74) is 3.91. The maximum atomic E-state index is 12.8. The van der Waals surface area contributed by atoms with Crippen molar-refractivity contribution in [2.75, 3.05) is 0 Å². The predicted octanol–water partition coefficient (Wildman–Crippen LogP) is 4.46. The molecule has 146 valence electrons. The predicted molar refractivity (Wildman–Crippen MR) is 111 cm³/mol. The van der Waals surface area contributed by atoms with Gasteiger partial charge >= 0.3 is 5.63 Å². The SMILES string of the molecule is Cc1ccccc1-c1nc2c3c(ncn2n1)Oc1c(c(=O)oc2ccccc12)C3C. The summed E-state index contributed by atoms with van der Waals surface area (Å²) < 4.78 is 13.3. The monoisotopic (exact) mass is 396 g/mol. The molecular weight excluding hydrogens is 380 g/mol. The highest BCUT2D eigenvalue weighted by Gasteiger charge is 2.33. The van der Waals surface area contributed by atoms with Gasteiger partial charge in [0, 0.05) is 11.5 Å². The second kappa shape index (κ2) is 6.00. The molecule has 5 aromatic rings. The van der Waals surface area contributed by atoms with Gasteiger partial charge in [0.25, 0.3) is 0 Å². The Labute approximate surface area is 170 Å². The molecule has 0 fully saturated rings. The van der Waals surface area contributed by atoms with Gasteiger partial charge in [-0.1, -0.05) is 43.3 Å². The Balaban J connectivity index is 1.60. The third kappa shape index (κ3) is 2.26. The van der Waals surface area contributed by atoms with E-state index in [1.165, 1.54) is 0 Å². The molecule has 1 atom stereocenters. The van der Waals surface area contributed by atoms with Crippen LogP contribution in [-0.2, 0) is 0 Å². The topological polar surface area (TPSA) is 82.5 Å². The third-order valence-electron chi connectivity index (χ3n) is 5.64. The first-order valence-corrected chi connectivity index (χ1v) is 9.66. The first-order valence-electron chi connectivity index (χ1n) is 9.66. The average Bonchev–Trinajstić information content (AvgIpc) is 3.18. The molecule has 1 aliphatic heterocycles. The van der Waals surface area contributed by atoms with Crippen molar-refractivity contribution >= 4 is 16.6 Å². The summed E-state index contributed by atoms with van der Waals surface area (Å²) in [4.78, 5) is 22.0. The van der Waals surface area contributed by atoms with E-state index >= 15 is 0 Å². The van der Waals surface area contributed by atoms with Crippen LogP contribution in [0.3, 0.4) is 0 Å². The number of nitrogens with zero attached hydrogens (tertiary/aromatic N) is 4. The molecule has 0 N–H and O–H groups in total. The van der Waals surface area contributed by atoms with Crippen LogP contribution in [0.2, 0.25) is 0 Å². The van der Waals surface area contributed by atoms with Crippen molar-refractivity contribution in [1.82, 2.24) is 19.6 Å². The number of aryl methyl sites for hydroxylation is 1. The summed E-state index contributed by atoms with van der Waals surface area (Å²) in [6, 6.07) is 15.3. The molecule has 7 heteroatoms. The Hall–Kier alpha value is -4.00. The van der Waals surface area contributed by atoms with E-state index in [4.69, 9.17) is 14.1 Å². The van der Waals surface area contributed by atoms with E-state index < -0.39 is 5.63 Å². The Bertz CT molecular complexity index is 1530. The molecule has 3 aromatic heterocycles. The number of para-hydroxylation sites is 1. The summed E-state index contributed by atoms with van der Waals surface area (Å²) in [7, 11) is 0. The number of benzene rings is 2. The molecule has 0 bridgehead atoms. The maximum Gasteiger partial charge on any atom is 0.343 e. The van der Waals surface area contributed by atoms with E-state index in [1.54, 1.807) is 16.9 Å². The van der Waals surface area contributed by atoms with Crippen molar-refractivity contribution in [3.63, 3.8) is 0 Å². The van der Waals surface area contributed by atoms with E-state index in [0.717, 1.165) is 22.1 Å². The lowest BCUT2D eigenvalue weighted by Crippen LogP contribution is -2.19. The molecule has 0 spiro atoms. The van der Waals surface area contributed by atoms with Crippen molar-refractivity contribution in [2.24, 2.45) is 0 Å². The van der Waals surface area contributed by atoms with Gasteiger partial charge in [-0.05, 0) is 24.6 Å². The Morgan fingerprint density at radius 3 is 2.70 bits per heavy atom. The van der Waals surface area contributed by atoms with Gasteiger partial charge in [0.05, 0.1) is 16.5 Å². The third-order valence-corrected chi connectivity index (χ3v) is 5.64. The van der Waals surface area contributed by atoms with E-state index in [2.05, 4.69) is 10.1 Å². The maximum absolute atomic E-state index is 12.8. The number of rotatable bonds is 1. The van der Waals surface area contributed by atoms with Gasteiger partial charge < -0.3 is 9.15 Å². The van der Waals surface area contributed by atoms with Crippen molar-refractivity contribution in [1.29, 1.82) is 0 Å². The van der Waals surface area contributed by atoms with E-state index in [9.17, 15) is 4.79 Å². The molecule has 6 rings (SSSR count). The van der Waals surface area contributed by atoms with Gasteiger partial charge in [0.1, 0.15) is 11.9 Å². The van der Waals surface area contributed by atoms with Crippen LogP contribution in [0.15, 0.2) is 64.1 Å². The van der Waals surface area contributed by atoms with Crippen molar-refractivity contribution in [3.05, 3.63) is 82.0 Å². The molecule has 2 aromatic carbocycles. The zero-order valence-corrected chi connectivity index (χ0v) is 16.3. The summed E-state index contributed by atoms with van der Waals surface area (Å²) in [5, 5.41) is 5.34. The summed E-state index contributed by atoms with van der Waals surface area (Å²) in [6.45, 7) is 3.96. The van der Waals surface area contributed by atoms with Crippen LogP contribution in [0, 0.1) is 6.92 Å². The zero-order chi connectivity index (χ0) is 20.4. The zero-order valence-electron chi connectivity index (χ0n) is 16.3. The first kappa shape index (κ1) is 16.9. The van der Waals surface area contributed by atoms with Crippen LogP contribution in [0.4, 0.5) is 0 Å². The van der Waals surface area contributed by atoms with Crippen molar-refractivity contribution in [3.8, 4) is 23.0 Å². The molecule has 0 amide bonds. The number of fused-ring (bicyclic) bond motifs is 6. The molecule has 0 radical (unpaired) electrons. The molecule has 7 nitrogen and oxygen atoms in total. The number of aromatic nitrogens is 4. The second-order valence-corrected chi connectivity index (χ2v) is 7.43. The van der Waals surface area contributed by atoms with Crippen LogP contribution in [0.5, 0.6) is 11.6 Å². The number of ether oxygens (including phenoxy) is 1. The van der Waals surface area contributed by atoms with E-state index in [0.29, 0.717) is 34.2 Å². The normalized spacial score (nSPS) is 15.1. The smallest absolute Gasteiger partial charge is 0.343 e. The Morgan fingerprint density at radius 2 is 1.83 bits per heavy atom. The molecule has 0 aliphatic carbocycles. The highest BCUT2D eigenvalue weighted by atomic mass is 16.5. The first-order chi connectivity index (χ1) is 14.6. The van der Waals surface area contributed by atoms with Crippen LogP contribution < -0.4 is 10.4 Å². The Morgan fingerprint density at radius 1 is 1.03 bits per heavy atom. The fourth-order valence-corrected chi connectivity index (χ4v) is 4.12. The molecule has 1 unspecified atom stereocenters. The van der Waals surface area contributed by atoms with Crippen LogP contribution in [0.1, 0.15) is 29.5 Å². The quantitative estimate of drug-likeness (QED) is 0.389. The summed E-state index contributed by atoms with van der Waals surface area (Å²) in [6.07, 6.45) is 1.59. The lowest BCUT2D eigenvalue weighted by Gasteiger charge is -2.24. The van der Waals surface area contributed by atoms with Crippen molar-refractivity contribution < 1.29 is 9.15 Å². The van der Waals surface area contributed by atoms with Gasteiger partial charge in [0.2, 0.25) is 5.88 Å². The molecule has 4 heterocycles. The molecule has 30 heavy (non-hydrogen) atoms. The minimum absolute atomic E-state index is 0.310. The standard InChI is InChI=1S/C23H16N4O3/c1-12-7-3-4-8-14(12)20-25-21-18-13(2)17-19(30-22(18)24-11-27(21)26-20)15-9-5-6-10-16(15)29-23(17)28/h3-11,13H,1-2H3. The summed E-state index contributed by atoms with van der Waals surface area (Å²) in [5.74, 6) is 1.22. The fraction of sp³-hybridized carbons (Fsp3) is 0.130. The van der Waals surface area contributed by atoms with Crippen LogP contribution in [0.25, 0.3) is 28.0 Å². The van der Waals surface area contributed by atoms with Gasteiger partial charge in [-0.25, -0.2) is 19.3 Å². The molecular formula is C23H16N4O3. The largest absolute Gasteiger partial charge is 0.437 e. The second-order valence-electron chi connectivity index (χ2n) is 7.43. The fourth-order valence-electron chi connectivity index (χ4n) is 4.12. The van der Waals surface area contributed by atoms with E-state index in [-0.39, 0.29) is 5.92 Å². The molecule has 0 saturated carbocycles. The van der Waals surface area contributed by atoms with E-state index in [1.807, 2.05) is 56.3 Å².